The first kappa shape index (κ1) is 15.5. The Bertz CT molecular complexity index is 949. The highest BCUT2D eigenvalue weighted by Crippen LogP contribution is 2.18. The zero-order valence-corrected chi connectivity index (χ0v) is 13.1. The molecule has 3 heteroatoms. The van der Waals surface area contributed by atoms with E-state index in [1.165, 1.54) is 0 Å². The molecule has 0 bridgehead atoms. The van der Waals surface area contributed by atoms with Gasteiger partial charge in [-0.1, -0.05) is 72.8 Å². The van der Waals surface area contributed by atoms with Gasteiger partial charge in [0, 0.05) is 5.69 Å². The number of nitriles is 1. The number of H-pyrrole nitrogens is 1. The molecule has 3 aromatic rings. The van der Waals surface area contributed by atoms with Crippen molar-refractivity contribution in [2.24, 2.45) is 0 Å². The Morgan fingerprint density at radius 2 is 1.67 bits per heavy atom. The molecule has 0 unspecified atom stereocenters. The molecule has 1 N–H and O–H groups in total. The van der Waals surface area contributed by atoms with Gasteiger partial charge in [0.15, 0.2) is 0 Å². The highest BCUT2D eigenvalue weighted by molar-refractivity contribution is 5.61. The van der Waals surface area contributed by atoms with E-state index < -0.39 is 0 Å². The quantitative estimate of drug-likeness (QED) is 0.786. The Morgan fingerprint density at radius 1 is 1.00 bits per heavy atom. The second-order valence-corrected chi connectivity index (χ2v) is 5.41. The molecule has 0 amide bonds. The van der Waals surface area contributed by atoms with Crippen LogP contribution in [0.4, 0.5) is 0 Å². The molecule has 0 aliphatic heterocycles. The summed E-state index contributed by atoms with van der Waals surface area (Å²) in [5.74, 6) is 0. The first-order chi connectivity index (χ1) is 11.8. The van der Waals surface area contributed by atoms with Gasteiger partial charge in [0.1, 0.15) is 11.6 Å². The van der Waals surface area contributed by atoms with E-state index in [0.717, 1.165) is 22.4 Å². The molecule has 3 rings (SSSR count). The maximum atomic E-state index is 12.2. The number of aromatic amines is 1. The minimum Gasteiger partial charge on any atom is -0.321 e. The molecule has 3 nitrogen and oxygen atoms in total. The maximum Gasteiger partial charge on any atom is 0.266 e. The SMILES string of the molecule is N#Cc1c(C/C=C/c2ccccc2)cc(-c2ccccc2)[nH]c1=O. The highest BCUT2D eigenvalue weighted by Gasteiger charge is 2.09. The van der Waals surface area contributed by atoms with Gasteiger partial charge in [0.25, 0.3) is 5.56 Å². The summed E-state index contributed by atoms with van der Waals surface area (Å²) in [4.78, 5) is 15.0. The van der Waals surface area contributed by atoms with Crippen LogP contribution in [0.25, 0.3) is 17.3 Å². The Morgan fingerprint density at radius 3 is 2.33 bits per heavy atom. The van der Waals surface area contributed by atoms with Gasteiger partial charge in [0.05, 0.1) is 0 Å². The molecule has 0 saturated heterocycles. The van der Waals surface area contributed by atoms with Gasteiger partial charge in [-0.3, -0.25) is 4.79 Å². The van der Waals surface area contributed by atoms with E-state index in [2.05, 4.69) is 4.98 Å². The zero-order valence-electron chi connectivity index (χ0n) is 13.1. The van der Waals surface area contributed by atoms with Gasteiger partial charge in [-0.15, -0.1) is 0 Å². The molecule has 24 heavy (non-hydrogen) atoms. The number of nitrogens with zero attached hydrogens (tertiary/aromatic N) is 1. The van der Waals surface area contributed by atoms with Crippen molar-refractivity contribution in [2.75, 3.05) is 0 Å². The predicted octanol–water partition coefficient (Wildman–Crippen LogP) is 4.17. The van der Waals surface area contributed by atoms with E-state index in [-0.39, 0.29) is 11.1 Å². The van der Waals surface area contributed by atoms with Crippen molar-refractivity contribution in [1.29, 1.82) is 5.26 Å². The van der Waals surface area contributed by atoms with Crippen LogP contribution in [0, 0.1) is 11.3 Å². The van der Waals surface area contributed by atoms with E-state index in [4.69, 9.17) is 0 Å². The fraction of sp³-hybridized carbons (Fsp3) is 0.0476. The van der Waals surface area contributed by atoms with Gasteiger partial charge < -0.3 is 4.98 Å². The van der Waals surface area contributed by atoms with Crippen LogP contribution >= 0.6 is 0 Å². The first-order valence-corrected chi connectivity index (χ1v) is 7.71. The average molecular weight is 312 g/mol. The molecular weight excluding hydrogens is 296 g/mol. The molecule has 0 radical (unpaired) electrons. The Kier molecular flexibility index (Phi) is 4.69. The molecule has 1 aromatic heterocycles. The van der Waals surface area contributed by atoms with Gasteiger partial charge >= 0.3 is 0 Å². The number of allylic oxidation sites excluding steroid dienone is 1. The van der Waals surface area contributed by atoms with E-state index >= 15 is 0 Å². The Balaban J connectivity index is 1.94. The zero-order chi connectivity index (χ0) is 16.8. The smallest absolute Gasteiger partial charge is 0.266 e. The predicted molar refractivity (Wildman–Crippen MR) is 96.4 cm³/mol. The van der Waals surface area contributed by atoms with Crippen molar-refractivity contribution in [3.05, 3.63) is 99.9 Å². The second kappa shape index (κ2) is 7.26. The maximum absolute atomic E-state index is 12.2. The summed E-state index contributed by atoms with van der Waals surface area (Å²) in [5.41, 5.74) is 3.29. The number of nitrogens with one attached hydrogen (secondary N) is 1. The van der Waals surface area contributed by atoms with Crippen molar-refractivity contribution < 1.29 is 0 Å². The lowest BCUT2D eigenvalue weighted by Crippen LogP contribution is -2.14. The van der Waals surface area contributed by atoms with E-state index in [0.29, 0.717) is 6.42 Å². The molecule has 1 heterocycles. The minimum atomic E-state index is -0.345. The molecule has 0 atom stereocenters. The number of hydrogen-bond donors (Lipinski definition) is 1. The first-order valence-electron chi connectivity index (χ1n) is 7.71. The molecule has 0 spiro atoms. The molecule has 2 aromatic carbocycles. The standard InChI is InChI=1S/C21H16N2O/c22-15-19-18(13-7-10-16-8-3-1-4-9-16)14-20(23-21(19)24)17-11-5-2-6-12-17/h1-12,14H,13H2,(H,23,24)/b10-7+. The summed E-state index contributed by atoms with van der Waals surface area (Å²) < 4.78 is 0. The van der Waals surface area contributed by atoms with Crippen molar-refractivity contribution in [3.8, 4) is 17.3 Å². The van der Waals surface area contributed by atoms with Crippen LogP contribution in [0.2, 0.25) is 0 Å². The van der Waals surface area contributed by atoms with Crippen molar-refractivity contribution in [3.63, 3.8) is 0 Å². The summed E-state index contributed by atoms with van der Waals surface area (Å²) in [5, 5.41) is 9.28. The number of aromatic nitrogens is 1. The van der Waals surface area contributed by atoms with E-state index in [9.17, 15) is 10.1 Å². The summed E-state index contributed by atoms with van der Waals surface area (Å²) in [6.45, 7) is 0. The largest absolute Gasteiger partial charge is 0.321 e. The van der Waals surface area contributed by atoms with Crippen molar-refractivity contribution in [2.45, 2.75) is 6.42 Å². The van der Waals surface area contributed by atoms with Gasteiger partial charge in [-0.05, 0) is 29.2 Å². The van der Waals surface area contributed by atoms with Crippen LogP contribution < -0.4 is 5.56 Å². The fourth-order valence-corrected chi connectivity index (χ4v) is 2.56. The second-order valence-electron chi connectivity index (χ2n) is 5.41. The monoisotopic (exact) mass is 312 g/mol. The van der Waals surface area contributed by atoms with Crippen LogP contribution in [-0.4, -0.2) is 4.98 Å². The molecular formula is C21H16N2O. The van der Waals surface area contributed by atoms with Gasteiger partial charge in [0.2, 0.25) is 0 Å². The van der Waals surface area contributed by atoms with E-state index in [1.54, 1.807) is 0 Å². The van der Waals surface area contributed by atoms with Crippen LogP contribution in [0.3, 0.4) is 0 Å². The van der Waals surface area contributed by atoms with E-state index in [1.807, 2.05) is 85.0 Å². The number of hydrogen-bond acceptors (Lipinski definition) is 2. The highest BCUT2D eigenvalue weighted by atomic mass is 16.1. The van der Waals surface area contributed by atoms with Gasteiger partial charge in [-0.25, -0.2) is 0 Å². The molecule has 0 saturated carbocycles. The van der Waals surface area contributed by atoms with Crippen molar-refractivity contribution >= 4 is 6.08 Å². The van der Waals surface area contributed by atoms with Crippen molar-refractivity contribution in [1.82, 2.24) is 4.98 Å². The third kappa shape index (κ3) is 3.50. The molecule has 0 aliphatic rings. The Hall–Kier alpha value is -3.38. The summed E-state index contributed by atoms with van der Waals surface area (Å²) >= 11 is 0. The lowest BCUT2D eigenvalue weighted by molar-refractivity contribution is 1.14. The minimum absolute atomic E-state index is 0.174. The fourth-order valence-electron chi connectivity index (χ4n) is 2.56. The lowest BCUT2D eigenvalue weighted by atomic mass is 10.0. The number of rotatable bonds is 4. The molecule has 116 valence electrons. The van der Waals surface area contributed by atoms with Crippen LogP contribution in [-0.2, 0) is 6.42 Å². The topological polar surface area (TPSA) is 56.6 Å². The normalized spacial score (nSPS) is 10.6. The summed E-state index contributed by atoms with van der Waals surface area (Å²) in [7, 11) is 0. The third-order valence-electron chi connectivity index (χ3n) is 3.76. The van der Waals surface area contributed by atoms with Crippen LogP contribution in [0.15, 0.2) is 77.6 Å². The van der Waals surface area contributed by atoms with Gasteiger partial charge in [-0.2, -0.15) is 5.26 Å². The Labute approximate surface area is 140 Å². The summed E-state index contributed by atoms with van der Waals surface area (Å²) in [6, 6.07) is 23.4. The average Bonchev–Trinajstić information content (AvgIpc) is 2.63. The molecule has 0 fully saturated rings. The summed E-state index contributed by atoms with van der Waals surface area (Å²) in [6.07, 6.45) is 4.49. The third-order valence-corrected chi connectivity index (χ3v) is 3.76. The van der Waals surface area contributed by atoms with Crippen LogP contribution in [0.1, 0.15) is 16.7 Å². The number of benzene rings is 2. The molecule has 0 aliphatic carbocycles. The lowest BCUT2D eigenvalue weighted by Gasteiger charge is -2.06. The van der Waals surface area contributed by atoms with Crippen LogP contribution in [0.5, 0.6) is 0 Å². The number of pyridine rings is 1.